The summed E-state index contributed by atoms with van der Waals surface area (Å²) in [5.74, 6) is 0.854. The second kappa shape index (κ2) is 8.38. The Labute approximate surface area is 182 Å². The summed E-state index contributed by atoms with van der Waals surface area (Å²) in [5, 5.41) is 8.44. The lowest BCUT2D eigenvalue weighted by Gasteiger charge is -2.02. The molecule has 0 atom stereocenters. The third kappa shape index (κ3) is 4.27. The number of ether oxygens (including phenoxy) is 1. The number of hydrogen-bond donors (Lipinski definition) is 1. The summed E-state index contributed by atoms with van der Waals surface area (Å²) < 4.78 is 5.56. The first-order valence-electron chi connectivity index (χ1n) is 9.71. The van der Waals surface area contributed by atoms with Crippen molar-refractivity contribution in [3.05, 3.63) is 81.1 Å². The minimum atomic E-state index is -0.102. The lowest BCUT2D eigenvalue weighted by molar-refractivity contribution is -0.115. The maximum absolute atomic E-state index is 12.5. The fraction of sp³-hybridized carbons (Fsp3) is 0.174. The quantitative estimate of drug-likeness (QED) is 0.466. The molecule has 0 bridgehead atoms. The van der Waals surface area contributed by atoms with E-state index >= 15 is 0 Å². The Morgan fingerprint density at radius 1 is 1.07 bits per heavy atom. The third-order valence-electron chi connectivity index (χ3n) is 4.87. The van der Waals surface area contributed by atoms with Crippen molar-refractivity contribution < 1.29 is 9.53 Å². The van der Waals surface area contributed by atoms with Crippen LogP contribution in [-0.4, -0.2) is 22.5 Å². The largest absolute Gasteiger partial charge is 0.493 e. The molecule has 0 saturated carbocycles. The lowest BCUT2D eigenvalue weighted by Crippen LogP contribution is -2.14. The molecule has 1 aliphatic rings. The van der Waals surface area contributed by atoms with Crippen molar-refractivity contribution in [2.45, 2.75) is 19.3 Å². The van der Waals surface area contributed by atoms with Crippen molar-refractivity contribution in [2.75, 3.05) is 11.9 Å². The highest BCUT2D eigenvalue weighted by Gasteiger charge is 2.15. The molecule has 0 unspecified atom stereocenters. The fourth-order valence-corrected chi connectivity index (χ4v) is 4.98. The second-order valence-electron chi connectivity index (χ2n) is 7.08. The van der Waals surface area contributed by atoms with E-state index in [0.29, 0.717) is 5.13 Å². The molecule has 5 nitrogen and oxygen atoms in total. The van der Waals surface area contributed by atoms with Gasteiger partial charge in [-0.15, -0.1) is 22.7 Å². The summed E-state index contributed by atoms with van der Waals surface area (Å²) in [5.41, 5.74) is 5.13. The van der Waals surface area contributed by atoms with Crippen LogP contribution in [0.15, 0.2) is 59.3 Å². The van der Waals surface area contributed by atoms with Crippen LogP contribution in [0.1, 0.15) is 21.8 Å². The number of nitrogens with one attached hydrogen (secondary N) is 1. The van der Waals surface area contributed by atoms with Gasteiger partial charge in [-0.25, -0.2) is 9.97 Å². The van der Waals surface area contributed by atoms with E-state index in [1.807, 2.05) is 41.1 Å². The van der Waals surface area contributed by atoms with Gasteiger partial charge in [0.2, 0.25) is 5.91 Å². The van der Waals surface area contributed by atoms with E-state index in [-0.39, 0.29) is 12.3 Å². The molecule has 2 aromatic carbocycles. The number of rotatable bonds is 6. The predicted octanol–water partition coefficient (Wildman–Crippen LogP) is 4.97. The summed E-state index contributed by atoms with van der Waals surface area (Å²) >= 11 is 3.02. The molecule has 0 saturated heterocycles. The first-order chi connectivity index (χ1) is 14.7. The molecule has 1 N–H and O–H groups in total. The number of nitrogens with zero attached hydrogens (tertiary/aromatic N) is 2. The molecule has 2 aromatic heterocycles. The van der Waals surface area contributed by atoms with Crippen LogP contribution in [0.3, 0.4) is 0 Å². The van der Waals surface area contributed by atoms with Crippen LogP contribution < -0.4 is 10.1 Å². The molecule has 7 heteroatoms. The van der Waals surface area contributed by atoms with Gasteiger partial charge in [0.25, 0.3) is 0 Å². The van der Waals surface area contributed by atoms with Crippen LogP contribution in [0, 0.1) is 0 Å². The Balaban J connectivity index is 1.20. The second-order valence-corrected chi connectivity index (χ2v) is 8.88. The number of hydrogen-bond acceptors (Lipinski definition) is 6. The van der Waals surface area contributed by atoms with Crippen LogP contribution >= 0.6 is 22.7 Å². The van der Waals surface area contributed by atoms with Gasteiger partial charge in [-0.2, -0.15) is 0 Å². The van der Waals surface area contributed by atoms with Gasteiger partial charge in [0.1, 0.15) is 5.75 Å². The van der Waals surface area contributed by atoms with Gasteiger partial charge in [-0.3, -0.25) is 4.79 Å². The number of aromatic nitrogens is 2. The summed E-state index contributed by atoms with van der Waals surface area (Å²) in [4.78, 5) is 21.6. The number of fused-ring (bicyclic) bond motifs is 1. The van der Waals surface area contributed by atoms with E-state index in [2.05, 4.69) is 33.5 Å². The Kier molecular flexibility index (Phi) is 5.29. The number of carbonyl (C=O) groups excluding carboxylic acids is 1. The van der Waals surface area contributed by atoms with Gasteiger partial charge in [0.05, 0.1) is 29.4 Å². The van der Waals surface area contributed by atoms with Crippen molar-refractivity contribution in [2.24, 2.45) is 0 Å². The van der Waals surface area contributed by atoms with E-state index < -0.39 is 0 Å². The first-order valence-corrected chi connectivity index (χ1v) is 11.5. The molecule has 5 rings (SSSR count). The Morgan fingerprint density at radius 2 is 1.97 bits per heavy atom. The topological polar surface area (TPSA) is 64.1 Å². The zero-order chi connectivity index (χ0) is 20.3. The van der Waals surface area contributed by atoms with E-state index in [1.54, 1.807) is 11.3 Å². The van der Waals surface area contributed by atoms with Crippen molar-refractivity contribution in [1.29, 1.82) is 0 Å². The number of anilines is 1. The first kappa shape index (κ1) is 19.0. The van der Waals surface area contributed by atoms with Gasteiger partial charge >= 0.3 is 0 Å². The zero-order valence-electron chi connectivity index (χ0n) is 16.1. The highest BCUT2D eigenvalue weighted by molar-refractivity contribution is 7.14. The van der Waals surface area contributed by atoms with Gasteiger partial charge in [-0.1, -0.05) is 30.3 Å². The number of amides is 1. The van der Waals surface area contributed by atoms with Crippen LogP contribution in [0.4, 0.5) is 5.13 Å². The summed E-state index contributed by atoms with van der Waals surface area (Å²) in [6.07, 6.45) is 1.96. The molecule has 0 radical (unpaired) electrons. The summed E-state index contributed by atoms with van der Waals surface area (Å²) in [7, 11) is 0. The molecule has 0 fully saturated rings. The van der Waals surface area contributed by atoms with Crippen LogP contribution in [0.25, 0.3) is 11.3 Å². The van der Waals surface area contributed by atoms with E-state index in [1.165, 1.54) is 22.5 Å². The number of thiazole rings is 2. The monoisotopic (exact) mass is 433 g/mol. The number of benzene rings is 2. The minimum Gasteiger partial charge on any atom is -0.493 e. The van der Waals surface area contributed by atoms with E-state index in [9.17, 15) is 4.79 Å². The lowest BCUT2D eigenvalue weighted by atomic mass is 10.1. The molecule has 3 heterocycles. The van der Waals surface area contributed by atoms with Crippen LogP contribution in [-0.2, 0) is 24.1 Å². The molecule has 1 aliphatic heterocycles. The van der Waals surface area contributed by atoms with Crippen molar-refractivity contribution in [3.63, 3.8) is 0 Å². The van der Waals surface area contributed by atoms with Gasteiger partial charge < -0.3 is 10.1 Å². The highest BCUT2D eigenvalue weighted by Crippen LogP contribution is 2.32. The molecule has 30 heavy (non-hydrogen) atoms. The standard InChI is InChI=1S/C23H19N3O2S2/c27-21(12-18-13-29-22(24-18)10-15-4-2-1-3-5-15)26-23-25-19(14-30-23)16-6-7-20-17(11-16)8-9-28-20/h1-7,11,13-14H,8-10,12H2,(H,25,26,27). The van der Waals surface area contributed by atoms with Crippen molar-refractivity contribution in [1.82, 2.24) is 9.97 Å². The predicted molar refractivity (Wildman–Crippen MR) is 120 cm³/mol. The third-order valence-corrected chi connectivity index (χ3v) is 6.53. The SMILES string of the molecule is O=C(Cc1csc(Cc2ccccc2)n1)Nc1nc(-c2ccc3c(c2)CCO3)cs1. The van der Waals surface area contributed by atoms with Crippen LogP contribution in [0.2, 0.25) is 0 Å². The molecule has 1 amide bonds. The average Bonchev–Trinajstić information content (AvgIpc) is 3.49. The molecule has 0 aliphatic carbocycles. The Morgan fingerprint density at radius 3 is 2.87 bits per heavy atom. The number of carbonyl (C=O) groups is 1. The molecule has 150 valence electrons. The zero-order valence-corrected chi connectivity index (χ0v) is 17.8. The van der Waals surface area contributed by atoms with Crippen molar-refractivity contribution in [3.8, 4) is 17.0 Å². The Bertz CT molecular complexity index is 1180. The highest BCUT2D eigenvalue weighted by atomic mass is 32.1. The maximum atomic E-state index is 12.5. The van der Waals surface area contributed by atoms with E-state index in [4.69, 9.17) is 4.74 Å². The summed E-state index contributed by atoms with van der Waals surface area (Å²) in [6, 6.07) is 16.3. The van der Waals surface area contributed by atoms with Gasteiger partial charge in [0.15, 0.2) is 5.13 Å². The smallest absolute Gasteiger partial charge is 0.232 e. The Hall–Kier alpha value is -3.03. The fourth-order valence-electron chi connectivity index (χ4n) is 3.42. The maximum Gasteiger partial charge on any atom is 0.232 e. The van der Waals surface area contributed by atoms with Gasteiger partial charge in [-0.05, 0) is 29.3 Å². The molecular formula is C23H19N3O2S2. The molecule has 0 spiro atoms. The van der Waals surface area contributed by atoms with E-state index in [0.717, 1.165) is 47.2 Å². The average molecular weight is 434 g/mol. The van der Waals surface area contributed by atoms with Gasteiger partial charge in [0, 0.05) is 29.2 Å². The molecule has 4 aromatic rings. The molecular weight excluding hydrogens is 414 g/mol. The summed E-state index contributed by atoms with van der Waals surface area (Å²) in [6.45, 7) is 0.737. The van der Waals surface area contributed by atoms with Crippen molar-refractivity contribution >= 4 is 33.7 Å². The normalized spacial score (nSPS) is 12.4. The van der Waals surface area contributed by atoms with Crippen LogP contribution in [0.5, 0.6) is 5.75 Å². The minimum absolute atomic E-state index is 0.102.